The molecule has 1 heterocycles. The third-order valence-electron chi connectivity index (χ3n) is 6.29. The Morgan fingerprint density at radius 1 is 1.16 bits per heavy atom. The number of para-hydroxylation sites is 1. The van der Waals surface area contributed by atoms with Gasteiger partial charge in [0.25, 0.3) is 5.91 Å². The highest BCUT2D eigenvalue weighted by molar-refractivity contribution is 6.30. The summed E-state index contributed by atoms with van der Waals surface area (Å²) in [4.78, 5) is 13.4. The maximum Gasteiger partial charge on any atom is 0.272 e. The molecular formula is C24H28Cl2N4O. The molecule has 5 nitrogen and oxygen atoms in total. The van der Waals surface area contributed by atoms with Gasteiger partial charge in [-0.2, -0.15) is 5.10 Å². The van der Waals surface area contributed by atoms with Crippen molar-refractivity contribution in [2.24, 2.45) is 5.73 Å². The number of carbonyl (C=O) groups excluding carboxylic acids is 1. The van der Waals surface area contributed by atoms with Gasteiger partial charge in [-0.15, -0.1) is 12.4 Å². The Labute approximate surface area is 194 Å². The second-order valence-corrected chi connectivity index (χ2v) is 8.31. The van der Waals surface area contributed by atoms with Gasteiger partial charge in [0, 0.05) is 22.7 Å². The van der Waals surface area contributed by atoms with Crippen molar-refractivity contribution in [3.63, 3.8) is 0 Å². The van der Waals surface area contributed by atoms with E-state index in [9.17, 15) is 4.79 Å². The normalized spacial score (nSPS) is 12.5. The SMILES string of the molecule is CCC(CC)(CN)NC(=O)c1nn(-c2ccccc2)c2c1CCc1cc(Cl)ccc1-2.Cl. The lowest BCUT2D eigenvalue weighted by atomic mass is 9.88. The zero-order valence-corrected chi connectivity index (χ0v) is 19.4. The van der Waals surface area contributed by atoms with Crippen LogP contribution in [-0.2, 0) is 12.8 Å². The number of hydrogen-bond donors (Lipinski definition) is 2. The molecule has 0 atom stereocenters. The summed E-state index contributed by atoms with van der Waals surface area (Å²) in [6, 6.07) is 15.9. The van der Waals surface area contributed by atoms with E-state index in [1.165, 1.54) is 5.56 Å². The molecule has 3 aromatic rings. The second-order valence-electron chi connectivity index (χ2n) is 7.87. The van der Waals surface area contributed by atoms with Gasteiger partial charge < -0.3 is 11.1 Å². The minimum Gasteiger partial charge on any atom is -0.344 e. The third-order valence-corrected chi connectivity index (χ3v) is 6.52. The van der Waals surface area contributed by atoms with Crippen molar-refractivity contribution in [2.75, 3.05) is 6.54 Å². The van der Waals surface area contributed by atoms with Crippen molar-refractivity contribution in [2.45, 2.75) is 45.1 Å². The Hall–Kier alpha value is -2.34. The first-order valence-electron chi connectivity index (χ1n) is 10.5. The minimum atomic E-state index is -0.416. The fourth-order valence-electron chi connectivity index (χ4n) is 4.23. The lowest BCUT2D eigenvalue weighted by Crippen LogP contribution is -2.53. The fraction of sp³-hybridized carbons (Fsp3) is 0.333. The maximum absolute atomic E-state index is 13.4. The molecule has 0 saturated heterocycles. The van der Waals surface area contributed by atoms with Gasteiger partial charge in [0.05, 0.1) is 16.9 Å². The predicted molar refractivity (Wildman–Crippen MR) is 128 cm³/mol. The standard InChI is InChI=1S/C24H27ClN4O.ClH/c1-3-24(4-2,15-26)27-23(30)21-20-12-10-16-14-17(25)11-13-19(16)22(20)29(28-21)18-8-6-5-7-9-18;/h5-9,11,13-14H,3-4,10,12,15,26H2,1-2H3,(H,27,30);1H. The molecule has 0 unspecified atom stereocenters. The summed E-state index contributed by atoms with van der Waals surface area (Å²) in [5.41, 5.74) is 11.2. The average Bonchev–Trinajstić information content (AvgIpc) is 3.18. The molecule has 0 bridgehead atoms. The number of nitrogens with one attached hydrogen (secondary N) is 1. The van der Waals surface area contributed by atoms with E-state index in [2.05, 4.69) is 19.2 Å². The van der Waals surface area contributed by atoms with Gasteiger partial charge in [-0.05, 0) is 55.5 Å². The molecule has 1 aliphatic rings. The average molecular weight is 459 g/mol. The van der Waals surface area contributed by atoms with Crippen LogP contribution in [0.1, 0.15) is 48.3 Å². The molecule has 0 fully saturated rings. The van der Waals surface area contributed by atoms with E-state index in [1.807, 2.05) is 53.2 Å². The molecule has 0 spiro atoms. The number of aryl methyl sites for hydroxylation is 1. The first-order valence-corrected chi connectivity index (χ1v) is 10.9. The smallest absolute Gasteiger partial charge is 0.272 e. The summed E-state index contributed by atoms with van der Waals surface area (Å²) in [6.07, 6.45) is 3.11. The van der Waals surface area contributed by atoms with Crippen LogP contribution < -0.4 is 11.1 Å². The highest BCUT2D eigenvalue weighted by Gasteiger charge is 2.33. The number of hydrogen-bond acceptors (Lipinski definition) is 3. The number of benzene rings is 2. The van der Waals surface area contributed by atoms with Crippen molar-refractivity contribution in [3.8, 4) is 16.9 Å². The molecule has 3 N–H and O–H groups in total. The van der Waals surface area contributed by atoms with E-state index < -0.39 is 5.54 Å². The number of fused-ring (bicyclic) bond motifs is 3. The molecule has 1 aromatic heterocycles. The fourth-order valence-corrected chi connectivity index (χ4v) is 4.42. The van der Waals surface area contributed by atoms with Gasteiger partial charge in [-0.1, -0.05) is 49.7 Å². The van der Waals surface area contributed by atoms with Gasteiger partial charge in [-0.3, -0.25) is 4.79 Å². The Bertz CT molecular complexity index is 1070. The van der Waals surface area contributed by atoms with Gasteiger partial charge in [-0.25, -0.2) is 4.68 Å². The Morgan fingerprint density at radius 3 is 2.52 bits per heavy atom. The van der Waals surface area contributed by atoms with E-state index in [0.717, 1.165) is 53.2 Å². The number of nitrogens with two attached hydrogens (primary N) is 1. The van der Waals surface area contributed by atoms with Crippen LogP contribution in [0.25, 0.3) is 16.9 Å². The molecule has 4 rings (SSSR count). The predicted octanol–water partition coefficient (Wildman–Crippen LogP) is 4.96. The zero-order chi connectivity index (χ0) is 21.3. The summed E-state index contributed by atoms with van der Waals surface area (Å²) in [5, 5.41) is 8.71. The van der Waals surface area contributed by atoms with Crippen LogP contribution >= 0.6 is 24.0 Å². The van der Waals surface area contributed by atoms with Gasteiger partial charge in [0.1, 0.15) is 0 Å². The van der Waals surface area contributed by atoms with Gasteiger partial charge in [0.15, 0.2) is 5.69 Å². The van der Waals surface area contributed by atoms with E-state index in [1.54, 1.807) is 0 Å². The van der Waals surface area contributed by atoms with Crippen LogP contribution in [-0.4, -0.2) is 27.8 Å². The van der Waals surface area contributed by atoms with Crippen LogP contribution in [0.3, 0.4) is 0 Å². The maximum atomic E-state index is 13.4. The van der Waals surface area contributed by atoms with Crippen molar-refractivity contribution in [1.29, 1.82) is 0 Å². The summed E-state index contributed by atoms with van der Waals surface area (Å²) < 4.78 is 1.89. The third kappa shape index (κ3) is 4.22. The first kappa shape index (κ1) is 23.3. The molecule has 0 saturated carbocycles. The van der Waals surface area contributed by atoms with Crippen molar-refractivity contribution < 1.29 is 4.79 Å². The van der Waals surface area contributed by atoms with Crippen LogP contribution in [0.5, 0.6) is 0 Å². The summed E-state index contributed by atoms with van der Waals surface area (Å²) in [6.45, 7) is 4.50. The van der Waals surface area contributed by atoms with E-state index in [0.29, 0.717) is 12.2 Å². The second kappa shape index (κ2) is 9.43. The largest absolute Gasteiger partial charge is 0.344 e. The molecule has 31 heavy (non-hydrogen) atoms. The lowest BCUT2D eigenvalue weighted by Gasteiger charge is -2.31. The quantitative estimate of drug-likeness (QED) is 0.547. The Balaban J connectivity index is 0.00000272. The van der Waals surface area contributed by atoms with Gasteiger partial charge in [0.2, 0.25) is 0 Å². The van der Waals surface area contributed by atoms with Crippen LogP contribution in [0.2, 0.25) is 5.02 Å². The lowest BCUT2D eigenvalue weighted by molar-refractivity contribution is 0.0888. The Kier molecular flexibility index (Phi) is 7.10. The van der Waals surface area contributed by atoms with E-state index in [-0.39, 0.29) is 18.3 Å². The number of nitrogens with zero attached hydrogens (tertiary/aromatic N) is 2. The van der Waals surface area contributed by atoms with Crippen molar-refractivity contribution in [1.82, 2.24) is 15.1 Å². The topological polar surface area (TPSA) is 72.9 Å². The highest BCUT2D eigenvalue weighted by atomic mass is 35.5. The summed E-state index contributed by atoms with van der Waals surface area (Å²) in [5.74, 6) is -0.160. The molecule has 164 valence electrons. The van der Waals surface area contributed by atoms with Crippen LogP contribution in [0.15, 0.2) is 48.5 Å². The first-order chi connectivity index (χ1) is 14.5. The number of carbonyl (C=O) groups is 1. The molecule has 1 amide bonds. The highest BCUT2D eigenvalue weighted by Crippen LogP contribution is 2.38. The molecular weight excluding hydrogens is 431 g/mol. The monoisotopic (exact) mass is 458 g/mol. The molecule has 1 aliphatic carbocycles. The molecule has 7 heteroatoms. The van der Waals surface area contributed by atoms with Crippen molar-refractivity contribution >= 4 is 29.9 Å². The van der Waals surface area contributed by atoms with Crippen molar-refractivity contribution in [3.05, 3.63) is 70.4 Å². The summed E-state index contributed by atoms with van der Waals surface area (Å²) in [7, 11) is 0. The molecule has 0 aliphatic heterocycles. The zero-order valence-electron chi connectivity index (χ0n) is 17.8. The van der Waals surface area contributed by atoms with E-state index in [4.69, 9.17) is 22.4 Å². The molecule has 2 aromatic carbocycles. The van der Waals surface area contributed by atoms with E-state index >= 15 is 0 Å². The number of amides is 1. The van der Waals surface area contributed by atoms with Gasteiger partial charge >= 0.3 is 0 Å². The van der Waals surface area contributed by atoms with Crippen LogP contribution in [0, 0.1) is 0 Å². The molecule has 0 radical (unpaired) electrons. The minimum absolute atomic E-state index is 0. The number of rotatable bonds is 6. The number of halogens is 2. The van der Waals surface area contributed by atoms with Crippen LogP contribution in [0.4, 0.5) is 0 Å². The Morgan fingerprint density at radius 2 is 1.87 bits per heavy atom. The summed E-state index contributed by atoms with van der Waals surface area (Å²) >= 11 is 6.24. The number of aromatic nitrogens is 2.